The van der Waals surface area contributed by atoms with Crippen molar-refractivity contribution in [1.29, 1.82) is 0 Å². The lowest BCUT2D eigenvalue weighted by atomic mass is 9.62. The summed E-state index contributed by atoms with van der Waals surface area (Å²) in [5.41, 5.74) is 6.84. The Labute approximate surface area is 152 Å². The van der Waals surface area contributed by atoms with E-state index in [0.717, 1.165) is 32.1 Å². The first-order valence-corrected chi connectivity index (χ1v) is 9.70. The Kier molecular flexibility index (Phi) is 6.50. The van der Waals surface area contributed by atoms with Crippen LogP contribution in [0.5, 0.6) is 0 Å². The molecule has 3 atom stereocenters. The van der Waals surface area contributed by atoms with Gasteiger partial charge in [-0.05, 0) is 50.1 Å². The van der Waals surface area contributed by atoms with Crippen LogP contribution >= 0.6 is 0 Å². The van der Waals surface area contributed by atoms with E-state index in [4.69, 9.17) is 19.9 Å². The SMILES string of the molecule is COCOC1(CCCN)CC2CCCC(OCc3ccccc3)(C2)C1. The Morgan fingerprint density at radius 3 is 2.76 bits per heavy atom. The molecule has 0 spiro atoms. The summed E-state index contributed by atoms with van der Waals surface area (Å²) in [7, 11) is 1.70. The molecule has 2 fully saturated rings. The van der Waals surface area contributed by atoms with Crippen molar-refractivity contribution < 1.29 is 14.2 Å². The van der Waals surface area contributed by atoms with Crippen LogP contribution < -0.4 is 5.73 Å². The van der Waals surface area contributed by atoms with Gasteiger partial charge in [0.15, 0.2) is 0 Å². The highest BCUT2D eigenvalue weighted by molar-refractivity contribution is 5.14. The second-order valence-corrected chi connectivity index (χ2v) is 7.93. The molecule has 4 nitrogen and oxygen atoms in total. The largest absolute Gasteiger partial charge is 0.370 e. The van der Waals surface area contributed by atoms with Crippen LogP contribution in [0.25, 0.3) is 0 Å². The van der Waals surface area contributed by atoms with Gasteiger partial charge in [-0.25, -0.2) is 0 Å². The highest BCUT2D eigenvalue weighted by Gasteiger charge is 2.51. The lowest BCUT2D eigenvalue weighted by Gasteiger charge is -2.53. The summed E-state index contributed by atoms with van der Waals surface area (Å²) in [6.07, 6.45) is 8.93. The fourth-order valence-corrected chi connectivity index (χ4v) is 4.94. The molecular weight excluding hydrogens is 314 g/mol. The van der Waals surface area contributed by atoms with Crippen molar-refractivity contribution in [3.05, 3.63) is 35.9 Å². The van der Waals surface area contributed by atoms with Crippen LogP contribution in [0, 0.1) is 5.92 Å². The molecule has 2 N–H and O–H groups in total. The van der Waals surface area contributed by atoms with E-state index in [9.17, 15) is 0 Å². The molecule has 2 bridgehead atoms. The van der Waals surface area contributed by atoms with Gasteiger partial charge >= 0.3 is 0 Å². The first kappa shape index (κ1) is 18.8. The summed E-state index contributed by atoms with van der Waals surface area (Å²) in [4.78, 5) is 0. The molecule has 0 heterocycles. The summed E-state index contributed by atoms with van der Waals surface area (Å²) >= 11 is 0. The van der Waals surface area contributed by atoms with Gasteiger partial charge in [-0.2, -0.15) is 0 Å². The maximum atomic E-state index is 6.59. The third-order valence-corrected chi connectivity index (χ3v) is 5.92. The highest BCUT2D eigenvalue weighted by atomic mass is 16.7. The minimum atomic E-state index is -0.143. The van der Waals surface area contributed by atoms with E-state index in [1.807, 2.05) is 0 Å². The first-order chi connectivity index (χ1) is 12.2. The van der Waals surface area contributed by atoms with E-state index in [1.54, 1.807) is 7.11 Å². The zero-order valence-corrected chi connectivity index (χ0v) is 15.5. The molecule has 3 unspecified atom stereocenters. The van der Waals surface area contributed by atoms with Crippen molar-refractivity contribution in [3.8, 4) is 0 Å². The van der Waals surface area contributed by atoms with Crippen LogP contribution in [-0.4, -0.2) is 31.6 Å². The molecule has 2 saturated carbocycles. The Bertz CT molecular complexity index is 513. The Hall–Kier alpha value is -0.940. The molecule has 3 rings (SSSR count). The normalized spacial score (nSPS) is 31.8. The van der Waals surface area contributed by atoms with Crippen LogP contribution in [0.2, 0.25) is 0 Å². The van der Waals surface area contributed by atoms with E-state index in [1.165, 1.54) is 24.8 Å². The molecule has 1 aromatic carbocycles. The summed E-state index contributed by atoms with van der Waals surface area (Å²) in [5.74, 6) is 0.688. The van der Waals surface area contributed by atoms with Gasteiger partial charge in [0, 0.05) is 13.5 Å². The third kappa shape index (κ3) is 4.82. The first-order valence-electron chi connectivity index (χ1n) is 9.70. The van der Waals surface area contributed by atoms with Gasteiger partial charge in [0.25, 0.3) is 0 Å². The second kappa shape index (κ2) is 8.63. The Morgan fingerprint density at radius 2 is 2.00 bits per heavy atom. The van der Waals surface area contributed by atoms with Crippen molar-refractivity contribution in [2.75, 3.05) is 20.4 Å². The van der Waals surface area contributed by atoms with Gasteiger partial charge in [-0.1, -0.05) is 43.2 Å². The summed E-state index contributed by atoms with van der Waals surface area (Å²) in [5, 5.41) is 0. The molecule has 140 valence electrons. The molecule has 0 saturated heterocycles. The zero-order chi connectivity index (χ0) is 17.6. The summed E-state index contributed by atoms with van der Waals surface area (Å²) in [6.45, 7) is 1.75. The van der Waals surface area contributed by atoms with Crippen LogP contribution in [0.3, 0.4) is 0 Å². The van der Waals surface area contributed by atoms with E-state index >= 15 is 0 Å². The van der Waals surface area contributed by atoms with Crippen molar-refractivity contribution in [2.24, 2.45) is 11.7 Å². The van der Waals surface area contributed by atoms with E-state index < -0.39 is 0 Å². The number of rotatable bonds is 9. The number of hydrogen-bond acceptors (Lipinski definition) is 4. The van der Waals surface area contributed by atoms with Gasteiger partial charge in [-0.15, -0.1) is 0 Å². The number of fused-ring (bicyclic) bond motifs is 2. The average molecular weight is 347 g/mol. The van der Waals surface area contributed by atoms with Gasteiger partial charge < -0.3 is 19.9 Å². The predicted molar refractivity (Wildman–Crippen MR) is 99.1 cm³/mol. The maximum Gasteiger partial charge on any atom is 0.147 e. The van der Waals surface area contributed by atoms with Crippen LogP contribution in [0.15, 0.2) is 30.3 Å². The van der Waals surface area contributed by atoms with Crippen LogP contribution in [0.4, 0.5) is 0 Å². The standard InChI is InChI=1S/C21H33NO3/c1-23-17-25-21(11-6-12-22)14-19-9-5-10-20(13-19,16-21)24-15-18-7-3-2-4-8-18/h2-4,7-8,19H,5-6,9-17,22H2,1H3. The topological polar surface area (TPSA) is 53.7 Å². The van der Waals surface area contributed by atoms with Crippen molar-refractivity contribution in [2.45, 2.75) is 69.2 Å². The molecule has 25 heavy (non-hydrogen) atoms. The van der Waals surface area contributed by atoms with Crippen LogP contribution in [-0.2, 0) is 20.8 Å². The molecule has 0 amide bonds. The Morgan fingerprint density at radius 1 is 1.16 bits per heavy atom. The number of benzene rings is 1. The molecule has 0 aliphatic heterocycles. The van der Waals surface area contributed by atoms with Gasteiger partial charge in [-0.3, -0.25) is 0 Å². The molecule has 0 radical (unpaired) electrons. The monoisotopic (exact) mass is 347 g/mol. The second-order valence-electron chi connectivity index (χ2n) is 7.93. The number of hydrogen-bond donors (Lipinski definition) is 1. The van der Waals surface area contributed by atoms with Crippen molar-refractivity contribution in [3.63, 3.8) is 0 Å². The molecule has 2 aliphatic carbocycles. The van der Waals surface area contributed by atoms with Crippen LogP contribution in [0.1, 0.15) is 56.9 Å². The highest BCUT2D eigenvalue weighted by Crippen LogP contribution is 2.52. The van der Waals surface area contributed by atoms with Gasteiger partial charge in [0.1, 0.15) is 6.79 Å². The van der Waals surface area contributed by atoms with Crippen molar-refractivity contribution >= 4 is 0 Å². The van der Waals surface area contributed by atoms with E-state index in [2.05, 4.69) is 30.3 Å². The lowest BCUT2D eigenvalue weighted by Crippen LogP contribution is -2.53. The van der Waals surface area contributed by atoms with Crippen molar-refractivity contribution in [1.82, 2.24) is 0 Å². The fraction of sp³-hybridized carbons (Fsp3) is 0.714. The zero-order valence-electron chi connectivity index (χ0n) is 15.5. The maximum absolute atomic E-state index is 6.59. The fourth-order valence-electron chi connectivity index (χ4n) is 4.94. The third-order valence-electron chi connectivity index (χ3n) is 5.92. The molecule has 2 aliphatic rings. The number of nitrogens with two attached hydrogens (primary N) is 1. The van der Waals surface area contributed by atoms with E-state index in [0.29, 0.717) is 25.9 Å². The smallest absolute Gasteiger partial charge is 0.147 e. The van der Waals surface area contributed by atoms with Gasteiger partial charge in [0.05, 0.1) is 17.8 Å². The number of methoxy groups -OCH3 is 1. The lowest BCUT2D eigenvalue weighted by molar-refractivity contribution is -0.219. The average Bonchev–Trinajstić information content (AvgIpc) is 2.64. The molecule has 1 aromatic rings. The quantitative estimate of drug-likeness (QED) is 0.685. The summed E-state index contributed by atoms with van der Waals surface area (Å²) < 4.78 is 18.1. The van der Waals surface area contributed by atoms with Gasteiger partial charge in [0.2, 0.25) is 0 Å². The molecular formula is C21H33NO3. The number of ether oxygens (including phenoxy) is 3. The minimum absolute atomic E-state index is 0.0562. The summed E-state index contributed by atoms with van der Waals surface area (Å²) in [6, 6.07) is 10.5. The van der Waals surface area contributed by atoms with E-state index in [-0.39, 0.29) is 11.2 Å². The molecule has 0 aromatic heterocycles. The molecule has 4 heteroatoms. The predicted octanol–water partition coefficient (Wildman–Crippen LogP) is 4.02. The minimum Gasteiger partial charge on any atom is -0.370 e. The Balaban J connectivity index is 1.73.